The lowest BCUT2D eigenvalue weighted by Crippen LogP contribution is -2.59. The maximum Gasteiger partial charge on any atom is 0.317 e. The van der Waals surface area contributed by atoms with Crippen LogP contribution in [0.5, 0.6) is 0 Å². The molecule has 3 N–H and O–H groups in total. The SMILES string of the molecule is NCCc1cccc(CN2CCN(CC(=O)O)[C@@H]3CS(=O)(=O)C[C@@H]32)c1. The molecule has 0 bridgehead atoms. The monoisotopic (exact) mass is 367 g/mol. The van der Waals surface area contributed by atoms with E-state index in [-0.39, 0.29) is 30.1 Å². The zero-order valence-electron chi connectivity index (χ0n) is 14.2. The first-order chi connectivity index (χ1) is 11.9. The highest BCUT2D eigenvalue weighted by Crippen LogP contribution is 2.28. The summed E-state index contributed by atoms with van der Waals surface area (Å²) in [5.74, 6) is -0.753. The molecule has 3 rings (SSSR count). The number of carboxylic acids is 1. The van der Waals surface area contributed by atoms with Gasteiger partial charge in [0.05, 0.1) is 18.1 Å². The molecule has 7 nitrogen and oxygen atoms in total. The molecule has 0 saturated carbocycles. The minimum atomic E-state index is -3.13. The van der Waals surface area contributed by atoms with Crippen LogP contribution in [0.3, 0.4) is 0 Å². The molecule has 0 spiro atoms. The van der Waals surface area contributed by atoms with Crippen LogP contribution in [0.2, 0.25) is 0 Å². The van der Waals surface area contributed by atoms with Gasteiger partial charge in [-0.15, -0.1) is 0 Å². The molecule has 2 fully saturated rings. The summed E-state index contributed by atoms with van der Waals surface area (Å²) in [4.78, 5) is 15.1. The van der Waals surface area contributed by atoms with Crippen LogP contribution in [0.1, 0.15) is 11.1 Å². The van der Waals surface area contributed by atoms with E-state index in [1.807, 2.05) is 18.2 Å². The van der Waals surface area contributed by atoms with E-state index in [2.05, 4.69) is 11.0 Å². The molecular weight excluding hydrogens is 342 g/mol. The lowest BCUT2D eigenvalue weighted by molar-refractivity contribution is -0.139. The van der Waals surface area contributed by atoms with E-state index >= 15 is 0 Å². The number of fused-ring (bicyclic) bond motifs is 1. The number of nitrogens with zero attached hydrogens (tertiary/aromatic N) is 2. The number of rotatable bonds is 6. The number of hydrogen-bond donors (Lipinski definition) is 2. The van der Waals surface area contributed by atoms with E-state index in [0.717, 1.165) is 12.0 Å². The lowest BCUT2D eigenvalue weighted by atomic mass is 10.0. The van der Waals surface area contributed by atoms with Crippen molar-refractivity contribution in [2.45, 2.75) is 25.0 Å². The van der Waals surface area contributed by atoms with E-state index in [9.17, 15) is 13.2 Å². The van der Waals surface area contributed by atoms with Crippen molar-refractivity contribution in [3.63, 3.8) is 0 Å². The molecule has 2 saturated heterocycles. The molecule has 2 atom stereocenters. The maximum absolute atomic E-state index is 12.2. The summed E-state index contributed by atoms with van der Waals surface area (Å²) in [5.41, 5.74) is 7.94. The zero-order chi connectivity index (χ0) is 18.0. The van der Waals surface area contributed by atoms with E-state index < -0.39 is 15.8 Å². The van der Waals surface area contributed by atoms with Crippen LogP contribution in [-0.2, 0) is 27.6 Å². The third kappa shape index (κ3) is 4.38. The first-order valence-corrected chi connectivity index (χ1v) is 10.4. The van der Waals surface area contributed by atoms with Gasteiger partial charge in [-0.05, 0) is 24.1 Å². The smallest absolute Gasteiger partial charge is 0.317 e. The number of nitrogens with two attached hydrogens (primary N) is 1. The van der Waals surface area contributed by atoms with Crippen LogP contribution in [0.4, 0.5) is 0 Å². The highest BCUT2D eigenvalue weighted by molar-refractivity contribution is 7.91. The molecule has 25 heavy (non-hydrogen) atoms. The van der Waals surface area contributed by atoms with Gasteiger partial charge in [0.25, 0.3) is 0 Å². The number of sulfone groups is 1. The van der Waals surface area contributed by atoms with Crippen molar-refractivity contribution in [2.24, 2.45) is 5.73 Å². The largest absolute Gasteiger partial charge is 0.480 e. The average Bonchev–Trinajstić information content (AvgIpc) is 2.86. The van der Waals surface area contributed by atoms with E-state index in [0.29, 0.717) is 26.2 Å². The number of aliphatic carboxylic acids is 1. The fourth-order valence-corrected chi connectivity index (χ4v) is 5.99. The van der Waals surface area contributed by atoms with Crippen LogP contribution in [0.15, 0.2) is 24.3 Å². The minimum absolute atomic E-state index is 0.0503. The van der Waals surface area contributed by atoms with Crippen LogP contribution >= 0.6 is 0 Å². The van der Waals surface area contributed by atoms with Gasteiger partial charge in [0.15, 0.2) is 9.84 Å². The molecule has 2 aliphatic rings. The number of carbonyl (C=O) groups is 1. The van der Waals surface area contributed by atoms with Gasteiger partial charge in [0, 0.05) is 31.7 Å². The molecule has 1 aromatic carbocycles. The lowest BCUT2D eigenvalue weighted by Gasteiger charge is -2.43. The molecule has 138 valence electrons. The Bertz CT molecular complexity index is 737. The highest BCUT2D eigenvalue weighted by Gasteiger charge is 2.46. The Morgan fingerprint density at radius 3 is 2.48 bits per heavy atom. The maximum atomic E-state index is 12.2. The Morgan fingerprint density at radius 1 is 1.16 bits per heavy atom. The molecule has 8 heteroatoms. The second-order valence-electron chi connectivity index (χ2n) is 6.90. The summed E-state index contributed by atoms with van der Waals surface area (Å²) in [6, 6.07) is 7.84. The van der Waals surface area contributed by atoms with Crippen molar-refractivity contribution < 1.29 is 18.3 Å². The number of hydrogen-bond acceptors (Lipinski definition) is 6. The topological polar surface area (TPSA) is 104 Å². The van der Waals surface area contributed by atoms with Crippen molar-refractivity contribution in [1.29, 1.82) is 0 Å². The van der Waals surface area contributed by atoms with Crippen LogP contribution in [0.25, 0.3) is 0 Å². The second kappa shape index (κ2) is 7.41. The second-order valence-corrected chi connectivity index (χ2v) is 9.06. The summed E-state index contributed by atoms with van der Waals surface area (Å²) in [6.07, 6.45) is 0.820. The van der Waals surface area contributed by atoms with Crippen molar-refractivity contribution in [2.75, 3.05) is 37.7 Å². The Balaban J connectivity index is 1.76. The number of piperazine rings is 1. The summed E-state index contributed by atoms with van der Waals surface area (Å²) >= 11 is 0. The predicted molar refractivity (Wildman–Crippen MR) is 95.0 cm³/mol. The first kappa shape index (κ1) is 18.3. The third-order valence-corrected chi connectivity index (χ3v) is 6.75. The van der Waals surface area contributed by atoms with Gasteiger partial charge < -0.3 is 10.8 Å². The Kier molecular flexibility index (Phi) is 5.43. The van der Waals surface area contributed by atoms with Crippen molar-refractivity contribution >= 4 is 15.8 Å². The zero-order valence-corrected chi connectivity index (χ0v) is 15.0. The van der Waals surface area contributed by atoms with Gasteiger partial charge in [0.1, 0.15) is 0 Å². The van der Waals surface area contributed by atoms with Gasteiger partial charge >= 0.3 is 5.97 Å². The van der Waals surface area contributed by atoms with Crippen LogP contribution < -0.4 is 5.73 Å². The number of benzene rings is 1. The highest BCUT2D eigenvalue weighted by atomic mass is 32.2. The average molecular weight is 367 g/mol. The summed E-state index contributed by atoms with van der Waals surface area (Å²) < 4.78 is 24.3. The van der Waals surface area contributed by atoms with Crippen LogP contribution in [0, 0.1) is 0 Å². The molecule has 0 amide bonds. The van der Waals surface area contributed by atoms with Crippen molar-refractivity contribution in [3.8, 4) is 0 Å². The Labute approximate surface area is 148 Å². The van der Waals surface area contributed by atoms with Gasteiger partial charge in [-0.2, -0.15) is 0 Å². The Hall–Kier alpha value is -1.48. The molecule has 0 aromatic heterocycles. The molecule has 0 radical (unpaired) electrons. The van der Waals surface area contributed by atoms with Gasteiger partial charge in [-0.1, -0.05) is 24.3 Å². The van der Waals surface area contributed by atoms with E-state index in [4.69, 9.17) is 10.8 Å². The molecule has 1 aromatic rings. The minimum Gasteiger partial charge on any atom is -0.480 e. The van der Waals surface area contributed by atoms with E-state index in [1.54, 1.807) is 4.90 Å². The van der Waals surface area contributed by atoms with E-state index in [1.165, 1.54) is 5.56 Å². The molecule has 0 aliphatic carbocycles. The van der Waals surface area contributed by atoms with Gasteiger partial charge in [-0.3, -0.25) is 14.6 Å². The molecule has 2 heterocycles. The summed E-state index contributed by atoms with van der Waals surface area (Å²) in [7, 11) is -3.13. The molecule has 2 aliphatic heterocycles. The fraction of sp³-hybridized carbons (Fsp3) is 0.588. The normalized spacial score (nSPS) is 26.4. The summed E-state index contributed by atoms with van der Waals surface area (Å²) in [6.45, 7) is 2.42. The Morgan fingerprint density at radius 2 is 1.80 bits per heavy atom. The standard InChI is InChI=1S/C17H25N3O4S/c18-5-4-13-2-1-3-14(8-13)9-19-6-7-20(10-17(21)22)16-12-25(23,24)11-15(16)19/h1-3,8,15-16H,4-7,9-12,18H2,(H,21,22)/t15-,16+/m0/s1. The fourth-order valence-electron chi connectivity index (χ4n) is 3.95. The first-order valence-electron chi connectivity index (χ1n) is 8.56. The van der Waals surface area contributed by atoms with Crippen molar-refractivity contribution in [1.82, 2.24) is 9.80 Å². The predicted octanol–water partition coefficient (Wildman–Crippen LogP) is -0.444. The molecule has 0 unspecified atom stereocenters. The quantitative estimate of drug-likeness (QED) is 0.702. The summed E-state index contributed by atoms with van der Waals surface area (Å²) in [5, 5.41) is 9.08. The van der Waals surface area contributed by atoms with Crippen LogP contribution in [-0.4, -0.2) is 79.1 Å². The molecular formula is C17H25N3O4S. The van der Waals surface area contributed by atoms with Crippen molar-refractivity contribution in [3.05, 3.63) is 35.4 Å². The number of carboxylic acid groups (broad SMARTS) is 1. The van der Waals surface area contributed by atoms with Gasteiger partial charge in [-0.25, -0.2) is 8.42 Å². The third-order valence-electron chi connectivity index (χ3n) is 5.05. The van der Waals surface area contributed by atoms with Gasteiger partial charge in [0.2, 0.25) is 0 Å².